The van der Waals surface area contributed by atoms with Crippen LogP contribution in [0.5, 0.6) is 0 Å². The van der Waals surface area contributed by atoms with Gasteiger partial charge in [0.2, 0.25) is 5.91 Å². The van der Waals surface area contributed by atoms with Crippen molar-refractivity contribution >= 4 is 5.91 Å². The van der Waals surface area contributed by atoms with Crippen LogP contribution >= 0.6 is 0 Å². The van der Waals surface area contributed by atoms with Crippen LogP contribution in [-0.2, 0) is 4.79 Å². The van der Waals surface area contributed by atoms with Crippen molar-refractivity contribution in [1.82, 2.24) is 5.32 Å². The number of nitrogens with one attached hydrogen (secondary N) is 1. The minimum absolute atomic E-state index is 0.137. The van der Waals surface area contributed by atoms with E-state index in [4.69, 9.17) is 5.26 Å². The third kappa shape index (κ3) is 2.45. The summed E-state index contributed by atoms with van der Waals surface area (Å²) in [6, 6.07) is 2.17. The molecule has 0 radical (unpaired) electrons. The molecule has 1 rings (SSSR count). The van der Waals surface area contributed by atoms with Gasteiger partial charge >= 0.3 is 0 Å². The molecule has 0 heterocycles. The van der Waals surface area contributed by atoms with Gasteiger partial charge in [-0.2, -0.15) is 5.26 Å². The summed E-state index contributed by atoms with van der Waals surface area (Å²) in [5.41, 5.74) is 0. The van der Waals surface area contributed by atoms with E-state index in [-0.39, 0.29) is 11.9 Å². The van der Waals surface area contributed by atoms with E-state index in [2.05, 4.69) is 5.32 Å². The quantitative estimate of drug-likeness (QED) is 0.714. The van der Waals surface area contributed by atoms with Gasteiger partial charge in [0.25, 0.3) is 0 Å². The SMILES string of the molecule is CC(C#N)C(=O)NC(C)C1CCC1. The zero-order chi connectivity index (χ0) is 9.84. The Kier molecular flexibility index (Phi) is 3.30. The zero-order valence-corrected chi connectivity index (χ0v) is 8.21. The first-order valence-corrected chi connectivity index (χ1v) is 4.85. The van der Waals surface area contributed by atoms with Crippen molar-refractivity contribution in [1.29, 1.82) is 5.26 Å². The van der Waals surface area contributed by atoms with Crippen molar-refractivity contribution in [2.24, 2.45) is 11.8 Å². The fraction of sp³-hybridized carbons (Fsp3) is 0.800. The monoisotopic (exact) mass is 180 g/mol. The lowest BCUT2D eigenvalue weighted by Crippen LogP contribution is -2.42. The summed E-state index contributed by atoms with van der Waals surface area (Å²) in [6.45, 7) is 3.65. The Balaban J connectivity index is 2.31. The summed E-state index contributed by atoms with van der Waals surface area (Å²) in [6.07, 6.45) is 3.70. The second-order valence-corrected chi connectivity index (χ2v) is 3.84. The van der Waals surface area contributed by atoms with Crippen LogP contribution in [0, 0.1) is 23.2 Å². The highest BCUT2D eigenvalue weighted by molar-refractivity contribution is 5.80. The number of carbonyl (C=O) groups excluding carboxylic acids is 1. The average molecular weight is 180 g/mol. The van der Waals surface area contributed by atoms with E-state index in [1.54, 1.807) is 6.92 Å². The molecule has 2 unspecified atom stereocenters. The summed E-state index contributed by atoms with van der Waals surface area (Å²) in [5.74, 6) is -0.0285. The van der Waals surface area contributed by atoms with Gasteiger partial charge in [-0.15, -0.1) is 0 Å². The summed E-state index contributed by atoms with van der Waals surface area (Å²) in [4.78, 5) is 11.3. The Hall–Kier alpha value is -1.04. The molecule has 3 heteroatoms. The van der Waals surface area contributed by atoms with Gasteiger partial charge < -0.3 is 5.32 Å². The molecule has 72 valence electrons. The van der Waals surface area contributed by atoms with Crippen molar-refractivity contribution in [3.05, 3.63) is 0 Å². The number of hydrogen-bond acceptors (Lipinski definition) is 2. The van der Waals surface area contributed by atoms with E-state index in [9.17, 15) is 4.79 Å². The highest BCUT2D eigenvalue weighted by Crippen LogP contribution is 2.29. The van der Waals surface area contributed by atoms with Crippen molar-refractivity contribution in [2.75, 3.05) is 0 Å². The lowest BCUT2D eigenvalue weighted by Gasteiger charge is -2.32. The van der Waals surface area contributed by atoms with E-state index in [1.165, 1.54) is 19.3 Å². The molecule has 0 spiro atoms. The smallest absolute Gasteiger partial charge is 0.237 e. The second-order valence-electron chi connectivity index (χ2n) is 3.84. The molecule has 1 fully saturated rings. The topological polar surface area (TPSA) is 52.9 Å². The second kappa shape index (κ2) is 4.27. The van der Waals surface area contributed by atoms with Crippen molar-refractivity contribution in [2.45, 2.75) is 39.2 Å². The molecule has 2 atom stereocenters. The van der Waals surface area contributed by atoms with Crippen LogP contribution in [0.25, 0.3) is 0 Å². The summed E-state index contributed by atoms with van der Waals surface area (Å²) >= 11 is 0. The third-order valence-corrected chi connectivity index (χ3v) is 2.81. The molecule has 0 aliphatic heterocycles. The molecule has 0 saturated heterocycles. The number of rotatable bonds is 3. The van der Waals surface area contributed by atoms with Gasteiger partial charge in [0, 0.05) is 6.04 Å². The van der Waals surface area contributed by atoms with E-state index < -0.39 is 5.92 Å². The third-order valence-electron chi connectivity index (χ3n) is 2.81. The maximum absolute atomic E-state index is 11.3. The molecule has 0 aromatic carbocycles. The molecule has 0 aromatic heterocycles. The zero-order valence-electron chi connectivity index (χ0n) is 8.21. The lowest BCUT2D eigenvalue weighted by molar-refractivity contribution is -0.124. The number of amides is 1. The number of hydrogen-bond donors (Lipinski definition) is 1. The van der Waals surface area contributed by atoms with Crippen LogP contribution in [0.1, 0.15) is 33.1 Å². The minimum Gasteiger partial charge on any atom is -0.352 e. The molecule has 1 aliphatic rings. The number of nitriles is 1. The fourth-order valence-corrected chi connectivity index (χ4v) is 1.47. The highest BCUT2D eigenvalue weighted by Gasteiger charge is 2.26. The average Bonchev–Trinajstić information content (AvgIpc) is 1.99. The van der Waals surface area contributed by atoms with Gasteiger partial charge in [0.15, 0.2) is 0 Å². The van der Waals surface area contributed by atoms with Gasteiger partial charge in [-0.1, -0.05) is 6.42 Å². The van der Waals surface area contributed by atoms with E-state index >= 15 is 0 Å². The standard InChI is InChI=1S/C10H16N2O/c1-7(6-11)10(13)12-8(2)9-4-3-5-9/h7-9H,3-5H2,1-2H3,(H,12,13). The number of nitrogens with zero attached hydrogens (tertiary/aromatic N) is 1. The Morgan fingerprint density at radius 3 is 2.54 bits per heavy atom. The van der Waals surface area contributed by atoms with Gasteiger partial charge in [0.1, 0.15) is 5.92 Å². The molecule has 0 bridgehead atoms. The van der Waals surface area contributed by atoms with Crippen molar-refractivity contribution in [3.63, 3.8) is 0 Å². The first-order chi connectivity index (χ1) is 6.15. The summed E-state index contributed by atoms with van der Waals surface area (Å²) in [7, 11) is 0. The van der Waals surface area contributed by atoms with Gasteiger partial charge in [-0.3, -0.25) is 4.79 Å². The first kappa shape index (κ1) is 10.0. The molecule has 13 heavy (non-hydrogen) atoms. The molecular weight excluding hydrogens is 164 g/mol. The Bertz CT molecular complexity index is 228. The fourth-order valence-electron chi connectivity index (χ4n) is 1.47. The molecule has 3 nitrogen and oxygen atoms in total. The Labute approximate surface area is 79.1 Å². The van der Waals surface area contributed by atoms with Gasteiger partial charge in [-0.25, -0.2) is 0 Å². The minimum atomic E-state index is -0.525. The lowest BCUT2D eigenvalue weighted by atomic mass is 9.80. The van der Waals surface area contributed by atoms with E-state index in [1.807, 2.05) is 13.0 Å². The normalized spacial score (nSPS) is 21.0. The van der Waals surface area contributed by atoms with E-state index in [0.29, 0.717) is 5.92 Å². The highest BCUT2D eigenvalue weighted by atomic mass is 16.1. The predicted molar refractivity (Wildman–Crippen MR) is 49.7 cm³/mol. The maximum Gasteiger partial charge on any atom is 0.237 e. The van der Waals surface area contributed by atoms with Crippen LogP contribution in [0.4, 0.5) is 0 Å². The largest absolute Gasteiger partial charge is 0.352 e. The molecule has 0 aromatic rings. The maximum atomic E-state index is 11.3. The van der Waals surface area contributed by atoms with E-state index in [0.717, 1.165) is 0 Å². The Morgan fingerprint density at radius 1 is 1.54 bits per heavy atom. The van der Waals surface area contributed by atoms with Crippen LogP contribution in [0.3, 0.4) is 0 Å². The van der Waals surface area contributed by atoms with Crippen LogP contribution < -0.4 is 5.32 Å². The molecular formula is C10H16N2O. The molecule has 1 aliphatic carbocycles. The first-order valence-electron chi connectivity index (χ1n) is 4.85. The van der Waals surface area contributed by atoms with Gasteiger partial charge in [-0.05, 0) is 32.6 Å². The summed E-state index contributed by atoms with van der Waals surface area (Å²) in [5, 5.41) is 11.4. The molecule has 1 amide bonds. The van der Waals surface area contributed by atoms with Crippen molar-refractivity contribution in [3.8, 4) is 6.07 Å². The Morgan fingerprint density at radius 2 is 2.15 bits per heavy atom. The van der Waals surface area contributed by atoms with Crippen molar-refractivity contribution < 1.29 is 4.79 Å². The van der Waals surface area contributed by atoms with Crippen LogP contribution in [0.2, 0.25) is 0 Å². The molecule has 1 saturated carbocycles. The van der Waals surface area contributed by atoms with Crippen LogP contribution in [-0.4, -0.2) is 11.9 Å². The van der Waals surface area contributed by atoms with Gasteiger partial charge in [0.05, 0.1) is 6.07 Å². The number of carbonyl (C=O) groups is 1. The van der Waals surface area contributed by atoms with Crippen LogP contribution in [0.15, 0.2) is 0 Å². The molecule has 1 N–H and O–H groups in total. The predicted octanol–water partition coefficient (Wildman–Crippen LogP) is 1.45. The summed E-state index contributed by atoms with van der Waals surface area (Å²) < 4.78 is 0.